The van der Waals surface area contributed by atoms with E-state index in [0.717, 1.165) is 12.3 Å². The number of halogens is 2. The van der Waals surface area contributed by atoms with Crippen molar-refractivity contribution in [2.75, 3.05) is 51.3 Å². The van der Waals surface area contributed by atoms with Crippen LogP contribution in [0.5, 0.6) is 0 Å². The zero-order valence-electron chi connectivity index (χ0n) is 20.0. The SMILES string of the molecule is COC1CN(C(=O)c2nc(N3CCN(C(=O)N4N=CCC4c4cc(F)cc(C#N)c4)CC3)ncc2F)C1. The number of benzene rings is 1. The van der Waals surface area contributed by atoms with Gasteiger partial charge in [-0.25, -0.2) is 28.6 Å². The molecule has 0 aliphatic carbocycles. The van der Waals surface area contributed by atoms with Gasteiger partial charge in [0, 0.05) is 59.0 Å². The van der Waals surface area contributed by atoms with Crippen molar-refractivity contribution in [2.45, 2.75) is 18.6 Å². The molecule has 5 rings (SSSR count). The zero-order valence-corrected chi connectivity index (χ0v) is 20.0. The largest absolute Gasteiger partial charge is 0.378 e. The van der Waals surface area contributed by atoms with Crippen LogP contribution in [0, 0.1) is 23.0 Å². The summed E-state index contributed by atoms with van der Waals surface area (Å²) < 4.78 is 33.5. The monoisotopic (exact) mass is 510 g/mol. The second-order valence-electron chi connectivity index (χ2n) is 8.97. The van der Waals surface area contributed by atoms with E-state index in [1.54, 1.807) is 29.2 Å². The van der Waals surface area contributed by atoms with Gasteiger partial charge in [0.05, 0.1) is 30.0 Å². The summed E-state index contributed by atoms with van der Waals surface area (Å²) in [4.78, 5) is 39.0. The molecule has 0 bridgehead atoms. The van der Waals surface area contributed by atoms with Gasteiger partial charge in [-0.1, -0.05) is 0 Å². The number of hydrazone groups is 1. The molecule has 0 N–H and O–H groups in total. The van der Waals surface area contributed by atoms with Gasteiger partial charge in [0.15, 0.2) is 11.5 Å². The average molecular weight is 511 g/mol. The molecule has 2 saturated heterocycles. The summed E-state index contributed by atoms with van der Waals surface area (Å²) in [6, 6.07) is 5.07. The average Bonchev–Trinajstić information content (AvgIpc) is 3.38. The van der Waals surface area contributed by atoms with Gasteiger partial charge >= 0.3 is 6.03 Å². The Morgan fingerprint density at radius 3 is 2.57 bits per heavy atom. The lowest BCUT2D eigenvalue weighted by atomic mass is 10.0. The summed E-state index contributed by atoms with van der Waals surface area (Å²) in [5.74, 6) is -1.65. The molecule has 4 heterocycles. The number of anilines is 1. The quantitative estimate of drug-likeness (QED) is 0.615. The minimum atomic E-state index is -0.793. The molecule has 0 spiro atoms. The van der Waals surface area contributed by atoms with Crippen LogP contribution in [0.3, 0.4) is 0 Å². The first-order valence-corrected chi connectivity index (χ1v) is 11.8. The maximum atomic E-state index is 14.3. The number of urea groups is 1. The number of nitriles is 1. The number of amides is 3. The first kappa shape index (κ1) is 24.5. The van der Waals surface area contributed by atoms with Gasteiger partial charge < -0.3 is 19.4 Å². The molecular weight excluding hydrogens is 486 g/mol. The topological polar surface area (TPSA) is 118 Å². The minimum Gasteiger partial charge on any atom is -0.378 e. The molecule has 3 aliphatic heterocycles. The lowest BCUT2D eigenvalue weighted by Crippen LogP contribution is -2.55. The van der Waals surface area contributed by atoms with Gasteiger partial charge in [-0.15, -0.1) is 0 Å². The number of ether oxygens (including phenoxy) is 1. The standard InChI is InChI=1S/C24H24F2N8O3/c1-37-18-13-33(14-18)22(35)21-19(26)12-28-23(30-21)31-4-6-32(7-5-31)24(36)34-20(2-3-29-34)16-8-15(11-27)9-17(25)10-16/h3,8-10,12,18,20H,2,4-7,13-14H2,1H3. The van der Waals surface area contributed by atoms with Gasteiger partial charge in [0.25, 0.3) is 5.91 Å². The van der Waals surface area contributed by atoms with Crippen LogP contribution in [0.4, 0.5) is 19.5 Å². The fraction of sp³-hybridized carbons (Fsp3) is 0.417. The third-order valence-electron chi connectivity index (χ3n) is 6.70. The maximum absolute atomic E-state index is 14.3. The maximum Gasteiger partial charge on any atom is 0.341 e. The van der Waals surface area contributed by atoms with E-state index >= 15 is 0 Å². The Morgan fingerprint density at radius 2 is 1.86 bits per heavy atom. The smallest absolute Gasteiger partial charge is 0.341 e. The molecule has 37 heavy (non-hydrogen) atoms. The lowest BCUT2D eigenvalue weighted by Gasteiger charge is -2.38. The Balaban J connectivity index is 1.23. The molecule has 1 aromatic carbocycles. The number of hydrogen-bond acceptors (Lipinski definition) is 8. The summed E-state index contributed by atoms with van der Waals surface area (Å²) in [7, 11) is 1.56. The van der Waals surface area contributed by atoms with Crippen molar-refractivity contribution in [2.24, 2.45) is 5.10 Å². The molecule has 2 fully saturated rings. The second-order valence-corrected chi connectivity index (χ2v) is 8.97. The number of piperazine rings is 1. The Bertz CT molecular complexity index is 1290. The molecule has 1 aromatic heterocycles. The molecular formula is C24H24F2N8O3. The third kappa shape index (κ3) is 4.79. The van der Waals surface area contributed by atoms with E-state index in [0.29, 0.717) is 51.3 Å². The zero-order chi connectivity index (χ0) is 26.1. The van der Waals surface area contributed by atoms with Crippen LogP contribution in [-0.4, -0.2) is 95.4 Å². The molecule has 1 atom stereocenters. The van der Waals surface area contributed by atoms with E-state index in [4.69, 9.17) is 10.00 Å². The number of carbonyl (C=O) groups is 2. The third-order valence-corrected chi connectivity index (χ3v) is 6.70. The normalized spacial score (nSPS) is 19.7. The van der Waals surface area contributed by atoms with Gasteiger partial charge in [0.2, 0.25) is 5.95 Å². The van der Waals surface area contributed by atoms with Crippen molar-refractivity contribution in [3.63, 3.8) is 0 Å². The van der Waals surface area contributed by atoms with Crippen LogP contribution in [0.25, 0.3) is 0 Å². The Morgan fingerprint density at radius 1 is 1.11 bits per heavy atom. The Kier molecular flexibility index (Phi) is 6.66. The Hall–Kier alpha value is -4.18. The predicted molar refractivity (Wildman–Crippen MR) is 127 cm³/mol. The first-order valence-electron chi connectivity index (χ1n) is 11.8. The molecule has 11 nitrogen and oxygen atoms in total. The van der Waals surface area contributed by atoms with Crippen molar-refractivity contribution in [1.29, 1.82) is 5.26 Å². The van der Waals surface area contributed by atoms with Crippen LogP contribution in [0.15, 0.2) is 29.5 Å². The summed E-state index contributed by atoms with van der Waals surface area (Å²) in [5.41, 5.74) is 0.379. The highest BCUT2D eigenvalue weighted by molar-refractivity contribution is 5.93. The van der Waals surface area contributed by atoms with Crippen molar-refractivity contribution in [3.8, 4) is 6.07 Å². The molecule has 0 saturated carbocycles. The molecule has 192 valence electrons. The van der Waals surface area contributed by atoms with Crippen molar-refractivity contribution < 1.29 is 23.1 Å². The number of aromatic nitrogens is 2. The fourth-order valence-electron chi connectivity index (χ4n) is 4.55. The highest BCUT2D eigenvalue weighted by atomic mass is 19.1. The van der Waals surface area contributed by atoms with Crippen LogP contribution >= 0.6 is 0 Å². The second kappa shape index (κ2) is 10.1. The molecule has 1 unspecified atom stereocenters. The summed E-state index contributed by atoms with van der Waals surface area (Å²) in [6.45, 7) is 2.11. The van der Waals surface area contributed by atoms with E-state index in [1.165, 1.54) is 16.0 Å². The summed E-state index contributed by atoms with van der Waals surface area (Å²) in [5, 5.41) is 14.7. The molecule has 2 aromatic rings. The van der Waals surface area contributed by atoms with E-state index in [-0.39, 0.29) is 29.3 Å². The fourth-order valence-corrected chi connectivity index (χ4v) is 4.55. The van der Waals surface area contributed by atoms with Gasteiger partial charge in [-0.05, 0) is 23.8 Å². The molecule has 13 heteroatoms. The summed E-state index contributed by atoms with van der Waals surface area (Å²) in [6.07, 6.45) is 2.92. The van der Waals surface area contributed by atoms with Gasteiger partial charge in [-0.3, -0.25) is 4.79 Å². The van der Waals surface area contributed by atoms with E-state index in [9.17, 15) is 18.4 Å². The number of nitrogens with zero attached hydrogens (tertiary/aromatic N) is 8. The lowest BCUT2D eigenvalue weighted by molar-refractivity contribution is -0.0197. The first-order chi connectivity index (χ1) is 17.9. The number of likely N-dealkylation sites (tertiary alicyclic amines) is 1. The molecule has 3 aliphatic rings. The van der Waals surface area contributed by atoms with Crippen LogP contribution in [-0.2, 0) is 4.74 Å². The Labute approximate surface area is 211 Å². The minimum absolute atomic E-state index is 0.0622. The van der Waals surface area contributed by atoms with E-state index in [1.807, 2.05) is 6.07 Å². The van der Waals surface area contributed by atoms with Gasteiger partial charge in [0.1, 0.15) is 5.82 Å². The van der Waals surface area contributed by atoms with E-state index < -0.39 is 23.6 Å². The number of rotatable bonds is 4. The van der Waals surface area contributed by atoms with Crippen molar-refractivity contribution >= 4 is 24.1 Å². The molecule has 3 amide bonds. The summed E-state index contributed by atoms with van der Waals surface area (Å²) >= 11 is 0. The van der Waals surface area contributed by atoms with Crippen molar-refractivity contribution in [3.05, 3.63) is 52.9 Å². The molecule has 0 radical (unpaired) electrons. The van der Waals surface area contributed by atoms with Crippen LogP contribution in [0.2, 0.25) is 0 Å². The van der Waals surface area contributed by atoms with Gasteiger partial charge in [-0.2, -0.15) is 10.4 Å². The highest BCUT2D eigenvalue weighted by Crippen LogP contribution is 2.31. The van der Waals surface area contributed by atoms with Crippen LogP contribution in [0.1, 0.15) is 34.1 Å². The number of hydrogen-bond donors (Lipinski definition) is 0. The number of methoxy groups -OCH3 is 1. The predicted octanol–water partition coefficient (Wildman–Crippen LogP) is 1.77. The highest BCUT2D eigenvalue weighted by Gasteiger charge is 2.35. The van der Waals surface area contributed by atoms with Crippen LogP contribution < -0.4 is 4.90 Å². The van der Waals surface area contributed by atoms with Crippen molar-refractivity contribution in [1.82, 2.24) is 24.8 Å². The van der Waals surface area contributed by atoms with E-state index in [2.05, 4.69) is 15.1 Å². The number of carbonyl (C=O) groups excluding carboxylic acids is 2.